The first-order valence-corrected chi connectivity index (χ1v) is 20.3. The van der Waals surface area contributed by atoms with Gasteiger partial charge in [-0.25, -0.2) is 9.97 Å². The predicted octanol–water partition coefficient (Wildman–Crippen LogP) is 13.8. The Hall–Kier alpha value is -7.08. The summed E-state index contributed by atoms with van der Waals surface area (Å²) in [4.78, 5) is 9.95. The van der Waals surface area contributed by atoms with E-state index in [0.29, 0.717) is 0 Å². The van der Waals surface area contributed by atoms with E-state index >= 15 is 0 Å². The van der Waals surface area contributed by atoms with Crippen LogP contribution in [0, 0.1) is 0 Å². The van der Waals surface area contributed by atoms with Gasteiger partial charge in [-0.05, 0) is 118 Å². The third-order valence-corrected chi connectivity index (χ3v) is 13.0. The number of rotatable bonds is 5. The number of para-hydroxylation sites is 2. The lowest BCUT2D eigenvalue weighted by molar-refractivity contribution is 1.01. The van der Waals surface area contributed by atoms with Crippen LogP contribution in [0.2, 0.25) is 0 Å². The first kappa shape index (κ1) is 32.2. The topological polar surface area (TPSA) is 35.6 Å². The molecule has 12 rings (SSSR count). The van der Waals surface area contributed by atoms with Gasteiger partial charge in [0, 0.05) is 60.5 Å². The molecule has 7 aromatic carbocycles. The van der Waals surface area contributed by atoms with Crippen LogP contribution in [0.25, 0.3) is 105 Å². The minimum atomic E-state index is 1.01. The Morgan fingerprint density at radius 2 is 1.07 bits per heavy atom. The molecule has 0 amide bonds. The fraction of sp³-hybridized carbons (Fsp3) is 0.0385. The van der Waals surface area contributed by atoms with Gasteiger partial charge in [0.1, 0.15) is 6.33 Å². The third-order valence-electron chi connectivity index (χ3n) is 11.8. The largest absolute Gasteiger partial charge is 0.309 e. The highest BCUT2D eigenvalue weighted by Gasteiger charge is 2.19. The van der Waals surface area contributed by atoms with Crippen molar-refractivity contribution in [3.8, 4) is 44.8 Å². The highest BCUT2D eigenvalue weighted by atomic mass is 32.1. The van der Waals surface area contributed by atoms with Gasteiger partial charge >= 0.3 is 0 Å². The summed E-state index contributed by atoms with van der Waals surface area (Å²) in [7, 11) is 0. The van der Waals surface area contributed by atoms with Gasteiger partial charge in [-0.15, -0.1) is 11.3 Å². The molecule has 0 unspecified atom stereocenters. The number of nitrogens with zero attached hydrogens (tertiary/aromatic N) is 4. The Bertz CT molecular complexity index is 3420. The Morgan fingerprint density at radius 3 is 1.88 bits per heavy atom. The zero-order chi connectivity index (χ0) is 37.5. The highest BCUT2D eigenvalue weighted by molar-refractivity contribution is 7.20. The van der Waals surface area contributed by atoms with Crippen molar-refractivity contribution in [1.82, 2.24) is 19.1 Å². The highest BCUT2D eigenvalue weighted by Crippen LogP contribution is 2.42. The van der Waals surface area contributed by atoms with Crippen molar-refractivity contribution in [3.05, 3.63) is 187 Å². The summed E-state index contributed by atoms with van der Waals surface area (Å²) < 4.78 is 6.21. The van der Waals surface area contributed by atoms with E-state index in [4.69, 9.17) is 0 Å². The second-order valence-electron chi connectivity index (χ2n) is 15.0. The fourth-order valence-electron chi connectivity index (χ4n) is 9.17. The van der Waals surface area contributed by atoms with Crippen molar-refractivity contribution < 1.29 is 0 Å². The molecule has 0 aliphatic heterocycles. The minimum Gasteiger partial charge on any atom is -0.309 e. The number of aromatic nitrogens is 4. The van der Waals surface area contributed by atoms with Gasteiger partial charge in [-0.3, -0.25) is 0 Å². The molecule has 4 heterocycles. The second kappa shape index (κ2) is 12.7. The van der Waals surface area contributed by atoms with Crippen LogP contribution in [0.4, 0.5) is 0 Å². The van der Waals surface area contributed by atoms with Crippen LogP contribution in [-0.4, -0.2) is 19.1 Å². The van der Waals surface area contributed by atoms with Crippen LogP contribution in [-0.2, 0) is 6.42 Å². The maximum absolute atomic E-state index is 4.27. The van der Waals surface area contributed by atoms with Crippen LogP contribution >= 0.6 is 11.3 Å². The molecule has 0 N–H and O–H groups in total. The minimum absolute atomic E-state index is 1.01. The fourth-order valence-corrected chi connectivity index (χ4v) is 10.5. The maximum Gasteiger partial charge on any atom is 0.115 e. The smallest absolute Gasteiger partial charge is 0.115 e. The summed E-state index contributed by atoms with van der Waals surface area (Å²) in [6.45, 7) is 0. The predicted molar refractivity (Wildman–Crippen MR) is 240 cm³/mol. The van der Waals surface area contributed by atoms with Crippen LogP contribution in [0.1, 0.15) is 16.9 Å². The summed E-state index contributed by atoms with van der Waals surface area (Å²) >= 11 is 1.93. The molecule has 5 heteroatoms. The molecular weight excluding hydrogens is 713 g/mol. The zero-order valence-electron chi connectivity index (χ0n) is 30.9. The van der Waals surface area contributed by atoms with Gasteiger partial charge in [0.05, 0.1) is 22.1 Å². The number of benzene rings is 7. The standard InChI is InChI=1S/C52H34N4S/c1-4-19-47-41(14-1)45-28-35(37-30-53-32-54-31-37)22-24-49(45)56(47)39-23-25-50-46(29-39)42-15-2-5-20-48(42)55(50)38-13-8-11-34(27-38)33-10-7-12-36(26-33)40-17-9-18-44-43-16-3-6-21-51(43)57-52(40)44/h1-2,4-15,17-32H,3,16H2. The lowest BCUT2D eigenvalue weighted by Crippen LogP contribution is -1.96. The van der Waals surface area contributed by atoms with Crippen molar-refractivity contribution >= 4 is 71.1 Å². The molecule has 1 aliphatic carbocycles. The number of aryl methyl sites for hydroxylation is 1. The van der Waals surface area contributed by atoms with Crippen molar-refractivity contribution in [2.24, 2.45) is 0 Å². The van der Waals surface area contributed by atoms with Crippen LogP contribution in [0.5, 0.6) is 0 Å². The van der Waals surface area contributed by atoms with Gasteiger partial charge in [0.2, 0.25) is 0 Å². The van der Waals surface area contributed by atoms with Crippen LogP contribution in [0.15, 0.2) is 176 Å². The Kier molecular flexibility index (Phi) is 7.19. The monoisotopic (exact) mass is 746 g/mol. The zero-order valence-corrected chi connectivity index (χ0v) is 31.7. The summed E-state index contributed by atoms with van der Waals surface area (Å²) in [5.74, 6) is 0. The molecule has 0 radical (unpaired) electrons. The third kappa shape index (κ3) is 5.06. The van der Waals surface area contributed by atoms with Crippen LogP contribution in [0.3, 0.4) is 0 Å². The summed E-state index contributed by atoms with van der Waals surface area (Å²) in [6, 6.07) is 56.0. The van der Waals surface area contributed by atoms with Crippen LogP contribution < -0.4 is 0 Å². The number of thiophene rings is 1. The molecule has 0 saturated carbocycles. The van der Waals surface area contributed by atoms with E-state index < -0.39 is 0 Å². The lowest BCUT2D eigenvalue weighted by atomic mass is 9.96. The van der Waals surface area contributed by atoms with Gasteiger partial charge in [-0.2, -0.15) is 0 Å². The Balaban J connectivity index is 0.982. The first-order valence-electron chi connectivity index (χ1n) is 19.5. The van der Waals surface area contributed by atoms with E-state index in [9.17, 15) is 0 Å². The lowest BCUT2D eigenvalue weighted by Gasteiger charge is -2.12. The molecule has 0 spiro atoms. The molecule has 268 valence electrons. The van der Waals surface area contributed by atoms with E-state index in [0.717, 1.165) is 35.3 Å². The number of hydrogen-bond donors (Lipinski definition) is 0. The van der Waals surface area contributed by atoms with Crippen molar-refractivity contribution in [2.75, 3.05) is 0 Å². The molecule has 4 aromatic heterocycles. The average Bonchev–Trinajstić information content (AvgIpc) is 3.94. The van der Waals surface area contributed by atoms with Gasteiger partial charge < -0.3 is 9.13 Å². The SMILES string of the molecule is C1=Cc2sc3c(-c4cccc(-c5cccc(-n6c7ccccc7c7cc(-n8c9ccccc9c9cc(-c%10cncnc%10)ccc98)ccc76)c5)c4)cccc3c2CC1. The van der Waals surface area contributed by atoms with Gasteiger partial charge in [0.25, 0.3) is 0 Å². The molecule has 1 aliphatic rings. The first-order chi connectivity index (χ1) is 28.3. The molecule has 11 aromatic rings. The molecule has 0 fully saturated rings. The van der Waals surface area contributed by atoms with Crippen molar-refractivity contribution in [1.29, 1.82) is 0 Å². The van der Waals surface area contributed by atoms with Gasteiger partial charge in [0.15, 0.2) is 0 Å². The number of hydrogen-bond acceptors (Lipinski definition) is 3. The van der Waals surface area contributed by atoms with E-state index in [1.165, 1.54) is 86.4 Å². The van der Waals surface area contributed by atoms with E-state index in [1.807, 2.05) is 23.7 Å². The molecular formula is C52H34N4S. The maximum atomic E-state index is 4.27. The van der Waals surface area contributed by atoms with Crippen molar-refractivity contribution in [2.45, 2.75) is 12.8 Å². The Labute approximate surface area is 333 Å². The average molecular weight is 747 g/mol. The normalized spacial score (nSPS) is 12.7. The van der Waals surface area contributed by atoms with Gasteiger partial charge in [-0.1, -0.05) is 97.1 Å². The molecule has 4 nitrogen and oxygen atoms in total. The van der Waals surface area contributed by atoms with E-state index in [1.54, 1.807) is 6.33 Å². The van der Waals surface area contributed by atoms with E-state index in [-0.39, 0.29) is 0 Å². The van der Waals surface area contributed by atoms with Crippen molar-refractivity contribution in [3.63, 3.8) is 0 Å². The summed E-state index contributed by atoms with van der Waals surface area (Å²) in [5, 5.41) is 6.29. The molecule has 57 heavy (non-hydrogen) atoms. The molecule has 0 bridgehead atoms. The summed E-state index contributed by atoms with van der Waals surface area (Å²) in [6.07, 6.45) is 12.2. The number of allylic oxidation sites excluding steroid dienone is 1. The molecule has 0 atom stereocenters. The Morgan fingerprint density at radius 1 is 0.456 bits per heavy atom. The second-order valence-corrected chi connectivity index (χ2v) is 16.0. The summed E-state index contributed by atoms with van der Waals surface area (Å²) in [5.41, 5.74) is 15.6. The molecule has 0 saturated heterocycles. The quantitative estimate of drug-likeness (QED) is 0.176. The number of fused-ring (bicyclic) bond motifs is 9. The van der Waals surface area contributed by atoms with E-state index in [2.05, 4.69) is 183 Å².